The predicted molar refractivity (Wildman–Crippen MR) is 105 cm³/mol. The molecule has 26 heavy (non-hydrogen) atoms. The Labute approximate surface area is 160 Å². The highest BCUT2D eigenvalue weighted by atomic mass is 35.5. The predicted octanol–water partition coefficient (Wildman–Crippen LogP) is 3.97. The second-order valence-corrected chi connectivity index (χ2v) is 9.16. The minimum atomic E-state index is -3.49. The number of carbonyl (C=O) groups excluding carboxylic acids is 1. The fourth-order valence-corrected chi connectivity index (χ4v) is 3.68. The zero-order chi connectivity index (χ0) is 19.5. The van der Waals surface area contributed by atoms with Crippen LogP contribution in [0.4, 0.5) is 5.69 Å². The van der Waals surface area contributed by atoms with Gasteiger partial charge in [0, 0.05) is 24.8 Å². The highest BCUT2D eigenvalue weighted by Crippen LogP contribution is 2.27. The van der Waals surface area contributed by atoms with Crippen molar-refractivity contribution in [3.8, 4) is 0 Å². The molecule has 0 heterocycles. The van der Waals surface area contributed by atoms with Gasteiger partial charge in [-0.15, -0.1) is 0 Å². The number of nitrogens with zero attached hydrogens (tertiary/aromatic N) is 1. The molecule has 0 spiro atoms. The Balaban J connectivity index is 2.20. The van der Waals surface area contributed by atoms with Crippen molar-refractivity contribution >= 4 is 33.2 Å². The van der Waals surface area contributed by atoms with Crippen molar-refractivity contribution in [2.24, 2.45) is 5.92 Å². The molecule has 0 aliphatic carbocycles. The van der Waals surface area contributed by atoms with E-state index in [4.69, 9.17) is 11.6 Å². The topological polar surface area (TPSA) is 66.5 Å². The number of amides is 1. The van der Waals surface area contributed by atoms with Gasteiger partial charge in [0.1, 0.15) is 0 Å². The van der Waals surface area contributed by atoms with E-state index in [2.05, 4.69) is 5.32 Å². The monoisotopic (exact) mass is 394 g/mol. The van der Waals surface area contributed by atoms with E-state index in [1.165, 1.54) is 26.2 Å². The normalized spacial score (nSPS) is 13.0. The molecule has 0 aliphatic rings. The first-order valence-corrected chi connectivity index (χ1v) is 10.0. The molecule has 5 nitrogen and oxygen atoms in total. The van der Waals surface area contributed by atoms with E-state index in [1.54, 1.807) is 24.3 Å². The van der Waals surface area contributed by atoms with E-state index in [0.29, 0.717) is 10.7 Å². The Morgan fingerprint density at radius 1 is 1.00 bits per heavy atom. The van der Waals surface area contributed by atoms with Crippen LogP contribution in [0.1, 0.15) is 25.3 Å². The van der Waals surface area contributed by atoms with Gasteiger partial charge in [0.05, 0.1) is 10.8 Å². The van der Waals surface area contributed by atoms with Crippen LogP contribution in [-0.4, -0.2) is 32.7 Å². The maximum absolute atomic E-state index is 12.8. The molecule has 1 atom stereocenters. The summed E-state index contributed by atoms with van der Waals surface area (Å²) in [5, 5.41) is 3.48. The first-order valence-electron chi connectivity index (χ1n) is 8.22. The first-order chi connectivity index (χ1) is 12.1. The number of hydrogen-bond donors (Lipinski definition) is 1. The van der Waals surface area contributed by atoms with Gasteiger partial charge in [0.25, 0.3) is 0 Å². The lowest BCUT2D eigenvalue weighted by molar-refractivity contribution is -0.118. The van der Waals surface area contributed by atoms with Crippen molar-refractivity contribution in [3.05, 3.63) is 59.1 Å². The highest BCUT2D eigenvalue weighted by molar-refractivity contribution is 7.89. The summed E-state index contributed by atoms with van der Waals surface area (Å²) in [6, 6.07) is 13.4. The molecule has 0 aromatic heterocycles. The molecule has 0 saturated heterocycles. The summed E-state index contributed by atoms with van der Waals surface area (Å²) in [4.78, 5) is 12.9. The Morgan fingerprint density at radius 2 is 1.54 bits per heavy atom. The van der Waals surface area contributed by atoms with Crippen LogP contribution in [0.3, 0.4) is 0 Å². The number of sulfonamides is 1. The van der Waals surface area contributed by atoms with Gasteiger partial charge in [0.2, 0.25) is 15.9 Å². The third kappa shape index (κ3) is 4.63. The fraction of sp³-hybridized carbons (Fsp3) is 0.316. The molecule has 0 aliphatic heterocycles. The lowest BCUT2D eigenvalue weighted by Gasteiger charge is -2.21. The molecule has 0 fully saturated rings. The van der Waals surface area contributed by atoms with Crippen molar-refractivity contribution in [1.29, 1.82) is 0 Å². The van der Waals surface area contributed by atoms with E-state index < -0.39 is 10.0 Å². The number of anilines is 1. The van der Waals surface area contributed by atoms with Crippen LogP contribution >= 0.6 is 11.6 Å². The third-order valence-electron chi connectivity index (χ3n) is 4.08. The largest absolute Gasteiger partial charge is 0.326 e. The summed E-state index contributed by atoms with van der Waals surface area (Å²) < 4.78 is 25.4. The van der Waals surface area contributed by atoms with E-state index in [-0.39, 0.29) is 22.6 Å². The van der Waals surface area contributed by atoms with Gasteiger partial charge in [-0.05, 0) is 47.9 Å². The molecule has 1 N–H and O–H groups in total. The summed E-state index contributed by atoms with van der Waals surface area (Å²) in [5.41, 5.74) is 1.43. The van der Waals surface area contributed by atoms with Crippen molar-refractivity contribution in [2.75, 3.05) is 19.4 Å². The minimum Gasteiger partial charge on any atom is -0.326 e. The number of halogens is 1. The Hall–Kier alpha value is -1.89. The number of carbonyl (C=O) groups is 1. The standard InChI is InChI=1S/C19H23ClN2O3S/c1-13(2)18(14-5-7-15(20)8-6-14)19(23)21-16-9-11-17(12-10-16)26(24,25)22(3)4/h5-13,18H,1-4H3,(H,21,23). The Morgan fingerprint density at radius 3 is 2.00 bits per heavy atom. The molecule has 0 bridgehead atoms. The second kappa shape index (κ2) is 8.20. The molecule has 140 valence electrons. The average Bonchev–Trinajstić information content (AvgIpc) is 2.57. The molecule has 0 saturated carbocycles. The summed E-state index contributed by atoms with van der Waals surface area (Å²) in [6.45, 7) is 3.96. The van der Waals surface area contributed by atoms with Gasteiger partial charge in [-0.1, -0.05) is 37.6 Å². The quantitative estimate of drug-likeness (QED) is 0.806. The van der Waals surface area contributed by atoms with Crippen molar-refractivity contribution in [3.63, 3.8) is 0 Å². The minimum absolute atomic E-state index is 0.0876. The summed E-state index contributed by atoms with van der Waals surface area (Å²) in [7, 11) is -0.538. The van der Waals surface area contributed by atoms with Crippen LogP contribution < -0.4 is 5.32 Å². The average molecular weight is 395 g/mol. The SMILES string of the molecule is CC(C)C(C(=O)Nc1ccc(S(=O)(=O)N(C)C)cc1)c1ccc(Cl)cc1. The molecule has 1 unspecified atom stereocenters. The van der Waals surface area contributed by atoms with Crippen LogP contribution in [0.25, 0.3) is 0 Å². The molecule has 0 radical (unpaired) electrons. The second-order valence-electron chi connectivity index (χ2n) is 6.57. The highest BCUT2D eigenvalue weighted by Gasteiger charge is 2.24. The summed E-state index contributed by atoms with van der Waals surface area (Å²) >= 11 is 5.93. The maximum Gasteiger partial charge on any atom is 0.242 e. The van der Waals surface area contributed by atoms with Crippen LogP contribution in [0.2, 0.25) is 5.02 Å². The van der Waals surface area contributed by atoms with Gasteiger partial charge in [-0.3, -0.25) is 4.79 Å². The number of rotatable bonds is 6. The zero-order valence-corrected chi connectivity index (χ0v) is 16.8. The Kier molecular flexibility index (Phi) is 6.44. The lowest BCUT2D eigenvalue weighted by atomic mass is 9.87. The maximum atomic E-state index is 12.8. The van der Waals surface area contributed by atoms with E-state index >= 15 is 0 Å². The van der Waals surface area contributed by atoms with Gasteiger partial charge < -0.3 is 5.32 Å². The van der Waals surface area contributed by atoms with E-state index in [9.17, 15) is 13.2 Å². The molecule has 7 heteroatoms. The zero-order valence-electron chi connectivity index (χ0n) is 15.2. The van der Waals surface area contributed by atoms with Crippen LogP contribution in [0.15, 0.2) is 53.4 Å². The van der Waals surface area contributed by atoms with Crippen LogP contribution in [0.5, 0.6) is 0 Å². The van der Waals surface area contributed by atoms with Crippen molar-refractivity contribution in [1.82, 2.24) is 4.31 Å². The summed E-state index contributed by atoms with van der Waals surface area (Å²) in [6.07, 6.45) is 0. The first kappa shape index (κ1) is 20.4. The van der Waals surface area contributed by atoms with E-state index in [1.807, 2.05) is 26.0 Å². The van der Waals surface area contributed by atoms with Gasteiger partial charge >= 0.3 is 0 Å². The molecule has 2 aromatic carbocycles. The molecule has 2 rings (SSSR count). The molecular weight excluding hydrogens is 372 g/mol. The lowest BCUT2D eigenvalue weighted by Crippen LogP contribution is -2.25. The van der Waals surface area contributed by atoms with Crippen LogP contribution in [0, 0.1) is 5.92 Å². The van der Waals surface area contributed by atoms with Crippen molar-refractivity contribution < 1.29 is 13.2 Å². The van der Waals surface area contributed by atoms with Crippen molar-refractivity contribution in [2.45, 2.75) is 24.7 Å². The fourth-order valence-electron chi connectivity index (χ4n) is 2.65. The van der Waals surface area contributed by atoms with Gasteiger partial charge in [-0.2, -0.15) is 0 Å². The Bertz CT molecular complexity index is 861. The van der Waals surface area contributed by atoms with Crippen LogP contribution in [-0.2, 0) is 14.8 Å². The van der Waals surface area contributed by atoms with E-state index in [0.717, 1.165) is 9.87 Å². The smallest absolute Gasteiger partial charge is 0.242 e. The number of hydrogen-bond acceptors (Lipinski definition) is 3. The number of nitrogens with one attached hydrogen (secondary N) is 1. The third-order valence-corrected chi connectivity index (χ3v) is 6.16. The summed E-state index contributed by atoms with van der Waals surface area (Å²) in [5.74, 6) is -0.396. The van der Waals surface area contributed by atoms with Gasteiger partial charge in [0.15, 0.2) is 0 Å². The molecular formula is C19H23ClN2O3S. The van der Waals surface area contributed by atoms with Gasteiger partial charge in [-0.25, -0.2) is 12.7 Å². The number of benzene rings is 2. The molecule has 1 amide bonds. The molecule has 2 aromatic rings.